The van der Waals surface area contributed by atoms with E-state index in [1.807, 2.05) is 30.9 Å². The molecule has 15 heavy (non-hydrogen) atoms. The van der Waals surface area contributed by atoms with Crippen LogP contribution in [-0.4, -0.2) is 29.4 Å². The fourth-order valence-electron chi connectivity index (χ4n) is 1.82. The maximum atomic E-state index is 12.1. The number of nitrogens with zero attached hydrogens (tertiary/aromatic N) is 1. The second-order valence-corrected chi connectivity index (χ2v) is 4.26. The summed E-state index contributed by atoms with van der Waals surface area (Å²) in [5.74, 6) is 0.122. The van der Waals surface area contributed by atoms with E-state index >= 15 is 0 Å². The standard InChI is InChI=1S/C12H20N2O/c1-4-7-14(9(2)3)12(15)10-5-6-11(13)8-10/h4-6,9-11H,1,7-8,13H2,2-3H3. The Kier molecular flexibility index (Phi) is 4.09. The lowest BCUT2D eigenvalue weighted by Crippen LogP contribution is -2.40. The van der Waals surface area contributed by atoms with Crippen molar-refractivity contribution < 1.29 is 4.79 Å². The summed E-state index contributed by atoms with van der Waals surface area (Å²) in [5, 5.41) is 0. The molecule has 1 aliphatic carbocycles. The normalized spacial score (nSPS) is 24.5. The first kappa shape index (κ1) is 12.0. The minimum absolute atomic E-state index is 0.0386. The average Bonchev–Trinajstić information content (AvgIpc) is 2.59. The van der Waals surface area contributed by atoms with Crippen molar-refractivity contribution in [3.8, 4) is 0 Å². The summed E-state index contributed by atoms with van der Waals surface area (Å²) < 4.78 is 0. The fourth-order valence-corrected chi connectivity index (χ4v) is 1.82. The smallest absolute Gasteiger partial charge is 0.230 e. The Morgan fingerprint density at radius 2 is 2.33 bits per heavy atom. The van der Waals surface area contributed by atoms with Crippen LogP contribution < -0.4 is 5.73 Å². The number of carbonyl (C=O) groups excluding carboxylic acids is 1. The topological polar surface area (TPSA) is 46.3 Å². The molecule has 1 amide bonds. The van der Waals surface area contributed by atoms with Crippen LogP contribution in [0.5, 0.6) is 0 Å². The van der Waals surface area contributed by atoms with Gasteiger partial charge in [-0.15, -0.1) is 6.58 Å². The Morgan fingerprint density at radius 3 is 2.73 bits per heavy atom. The van der Waals surface area contributed by atoms with E-state index in [1.54, 1.807) is 6.08 Å². The van der Waals surface area contributed by atoms with Crippen molar-refractivity contribution in [2.75, 3.05) is 6.54 Å². The summed E-state index contributed by atoms with van der Waals surface area (Å²) in [6.45, 7) is 8.31. The summed E-state index contributed by atoms with van der Waals surface area (Å²) >= 11 is 0. The molecule has 0 aromatic carbocycles. The fraction of sp³-hybridized carbons (Fsp3) is 0.583. The van der Waals surface area contributed by atoms with E-state index < -0.39 is 0 Å². The Labute approximate surface area is 91.6 Å². The summed E-state index contributed by atoms with van der Waals surface area (Å²) in [4.78, 5) is 13.9. The first-order valence-electron chi connectivity index (χ1n) is 5.41. The van der Waals surface area contributed by atoms with Crippen LogP contribution >= 0.6 is 0 Å². The zero-order chi connectivity index (χ0) is 11.4. The molecule has 0 heterocycles. The van der Waals surface area contributed by atoms with Crippen LogP contribution in [0.2, 0.25) is 0 Å². The van der Waals surface area contributed by atoms with Gasteiger partial charge in [0.25, 0.3) is 0 Å². The van der Waals surface area contributed by atoms with Crippen LogP contribution in [0.1, 0.15) is 20.3 Å². The van der Waals surface area contributed by atoms with Gasteiger partial charge in [0.15, 0.2) is 0 Å². The summed E-state index contributed by atoms with van der Waals surface area (Å²) in [5.41, 5.74) is 5.74. The summed E-state index contributed by atoms with van der Waals surface area (Å²) in [6, 6.07) is 0.248. The van der Waals surface area contributed by atoms with Gasteiger partial charge in [-0.3, -0.25) is 4.79 Å². The van der Waals surface area contributed by atoms with E-state index in [1.165, 1.54) is 0 Å². The van der Waals surface area contributed by atoms with Crippen LogP contribution in [0.3, 0.4) is 0 Å². The average molecular weight is 208 g/mol. The van der Waals surface area contributed by atoms with Gasteiger partial charge < -0.3 is 10.6 Å². The molecule has 0 spiro atoms. The van der Waals surface area contributed by atoms with E-state index in [2.05, 4.69) is 6.58 Å². The molecule has 0 fully saturated rings. The second-order valence-electron chi connectivity index (χ2n) is 4.26. The van der Waals surface area contributed by atoms with Crippen molar-refractivity contribution in [1.82, 2.24) is 4.90 Å². The lowest BCUT2D eigenvalue weighted by molar-refractivity contribution is -0.135. The number of hydrogen-bond acceptors (Lipinski definition) is 2. The van der Waals surface area contributed by atoms with Crippen molar-refractivity contribution in [2.45, 2.75) is 32.4 Å². The molecule has 0 bridgehead atoms. The largest absolute Gasteiger partial charge is 0.336 e. The number of amides is 1. The monoisotopic (exact) mass is 208 g/mol. The second kappa shape index (κ2) is 5.12. The van der Waals surface area contributed by atoms with Gasteiger partial charge in [0.1, 0.15) is 0 Å². The van der Waals surface area contributed by atoms with Gasteiger partial charge in [-0.05, 0) is 20.3 Å². The van der Waals surface area contributed by atoms with Gasteiger partial charge >= 0.3 is 0 Å². The highest BCUT2D eigenvalue weighted by Crippen LogP contribution is 2.20. The molecule has 2 atom stereocenters. The molecular formula is C12H20N2O. The van der Waals surface area contributed by atoms with Gasteiger partial charge in [0, 0.05) is 18.6 Å². The zero-order valence-electron chi connectivity index (χ0n) is 9.52. The third-order valence-electron chi connectivity index (χ3n) is 2.67. The lowest BCUT2D eigenvalue weighted by Gasteiger charge is -2.27. The van der Waals surface area contributed by atoms with E-state index in [0.717, 1.165) is 6.42 Å². The molecule has 0 saturated carbocycles. The van der Waals surface area contributed by atoms with Gasteiger partial charge in [-0.2, -0.15) is 0 Å². The molecular weight excluding hydrogens is 188 g/mol. The molecule has 0 aromatic rings. The SMILES string of the molecule is C=CCN(C(=O)C1C=CC(N)C1)C(C)C. The van der Waals surface area contributed by atoms with Crippen molar-refractivity contribution in [2.24, 2.45) is 11.7 Å². The molecule has 1 aliphatic rings. The number of nitrogens with two attached hydrogens (primary N) is 1. The Bertz CT molecular complexity index is 271. The van der Waals surface area contributed by atoms with Gasteiger partial charge in [0.05, 0.1) is 5.92 Å². The highest BCUT2D eigenvalue weighted by Gasteiger charge is 2.27. The van der Waals surface area contributed by atoms with Crippen molar-refractivity contribution in [1.29, 1.82) is 0 Å². The molecule has 0 saturated heterocycles. The molecule has 3 heteroatoms. The quantitative estimate of drug-likeness (QED) is 0.708. The van der Waals surface area contributed by atoms with Gasteiger partial charge in [-0.1, -0.05) is 18.2 Å². The Hall–Kier alpha value is -1.09. The van der Waals surface area contributed by atoms with Crippen molar-refractivity contribution in [3.05, 3.63) is 24.8 Å². The number of carbonyl (C=O) groups is 1. The predicted octanol–water partition coefficient (Wildman–Crippen LogP) is 1.31. The maximum absolute atomic E-state index is 12.1. The Balaban J connectivity index is 2.64. The first-order chi connectivity index (χ1) is 7.06. The molecule has 2 N–H and O–H groups in total. The summed E-state index contributed by atoms with van der Waals surface area (Å²) in [7, 11) is 0. The summed E-state index contributed by atoms with van der Waals surface area (Å²) in [6.07, 6.45) is 6.33. The van der Waals surface area contributed by atoms with Gasteiger partial charge in [0.2, 0.25) is 5.91 Å². The molecule has 1 rings (SSSR count). The minimum atomic E-state index is -0.0395. The van der Waals surface area contributed by atoms with Crippen LogP contribution in [-0.2, 0) is 4.79 Å². The predicted molar refractivity (Wildman–Crippen MR) is 62.3 cm³/mol. The molecule has 0 aromatic heterocycles. The van der Waals surface area contributed by atoms with Crippen LogP contribution in [0.4, 0.5) is 0 Å². The van der Waals surface area contributed by atoms with Crippen LogP contribution in [0.25, 0.3) is 0 Å². The molecule has 2 unspecified atom stereocenters. The first-order valence-corrected chi connectivity index (χ1v) is 5.41. The molecule has 0 aliphatic heterocycles. The van der Waals surface area contributed by atoms with Crippen molar-refractivity contribution in [3.63, 3.8) is 0 Å². The third kappa shape index (κ3) is 2.93. The highest BCUT2D eigenvalue weighted by molar-refractivity contribution is 5.81. The lowest BCUT2D eigenvalue weighted by atomic mass is 10.1. The van der Waals surface area contributed by atoms with E-state index in [0.29, 0.717) is 6.54 Å². The molecule has 0 radical (unpaired) electrons. The number of rotatable bonds is 4. The van der Waals surface area contributed by atoms with E-state index in [9.17, 15) is 4.79 Å². The van der Waals surface area contributed by atoms with Crippen molar-refractivity contribution >= 4 is 5.91 Å². The van der Waals surface area contributed by atoms with Gasteiger partial charge in [-0.25, -0.2) is 0 Å². The Morgan fingerprint density at radius 1 is 1.67 bits per heavy atom. The van der Waals surface area contributed by atoms with Crippen LogP contribution in [0.15, 0.2) is 24.8 Å². The number of hydrogen-bond donors (Lipinski definition) is 1. The maximum Gasteiger partial charge on any atom is 0.230 e. The molecule has 3 nitrogen and oxygen atoms in total. The highest BCUT2D eigenvalue weighted by atomic mass is 16.2. The third-order valence-corrected chi connectivity index (χ3v) is 2.67. The van der Waals surface area contributed by atoms with E-state index in [-0.39, 0.29) is 23.9 Å². The molecule has 84 valence electrons. The van der Waals surface area contributed by atoms with Crippen LogP contribution in [0, 0.1) is 5.92 Å². The zero-order valence-corrected chi connectivity index (χ0v) is 9.52. The van der Waals surface area contributed by atoms with E-state index in [4.69, 9.17) is 5.73 Å². The minimum Gasteiger partial charge on any atom is -0.336 e.